The molecule has 0 aliphatic heterocycles. The first kappa shape index (κ1) is 17.4. The van der Waals surface area contributed by atoms with Gasteiger partial charge in [-0.05, 0) is 47.4 Å². The number of para-hydroxylation sites is 2. The highest BCUT2D eigenvalue weighted by molar-refractivity contribution is 5.89. The third-order valence-corrected chi connectivity index (χ3v) is 5.94. The zero-order valence-corrected chi connectivity index (χ0v) is 16.2. The second-order valence-corrected chi connectivity index (χ2v) is 7.55. The van der Waals surface area contributed by atoms with Crippen LogP contribution in [0.3, 0.4) is 0 Å². The summed E-state index contributed by atoms with van der Waals surface area (Å²) in [5.74, 6) is 0.279. The van der Waals surface area contributed by atoms with Crippen LogP contribution in [-0.2, 0) is 5.41 Å². The van der Waals surface area contributed by atoms with Crippen molar-refractivity contribution in [3.8, 4) is 16.9 Å². The molecule has 2 heteroatoms. The van der Waals surface area contributed by atoms with Gasteiger partial charge in [-0.25, -0.2) is 0 Å². The fourth-order valence-corrected chi connectivity index (χ4v) is 4.47. The van der Waals surface area contributed by atoms with Crippen LogP contribution in [0.25, 0.3) is 11.1 Å². The summed E-state index contributed by atoms with van der Waals surface area (Å²) in [6.07, 6.45) is 1.74. The number of phenols is 1. The molecule has 29 heavy (non-hydrogen) atoms. The zero-order valence-electron chi connectivity index (χ0n) is 16.2. The third-order valence-electron chi connectivity index (χ3n) is 5.94. The molecule has 140 valence electrons. The average molecular weight is 375 g/mol. The molecule has 5 rings (SSSR count). The fourth-order valence-electron chi connectivity index (χ4n) is 4.47. The molecule has 0 spiro atoms. The van der Waals surface area contributed by atoms with E-state index in [0.717, 1.165) is 16.8 Å². The molecule has 0 fully saturated rings. The highest BCUT2D eigenvalue weighted by Crippen LogP contribution is 2.54. The monoisotopic (exact) mass is 375 g/mol. The maximum atomic E-state index is 11.3. The van der Waals surface area contributed by atoms with Gasteiger partial charge in [0.2, 0.25) is 0 Å². The molecule has 1 aliphatic carbocycles. The van der Waals surface area contributed by atoms with Crippen molar-refractivity contribution in [2.45, 2.75) is 12.3 Å². The van der Waals surface area contributed by atoms with E-state index in [1.165, 1.54) is 22.3 Å². The van der Waals surface area contributed by atoms with Gasteiger partial charge in [0.05, 0.1) is 5.69 Å². The number of hydrogen-bond donors (Lipinski definition) is 1. The van der Waals surface area contributed by atoms with Crippen molar-refractivity contribution in [3.63, 3.8) is 0 Å². The Bertz CT molecular complexity index is 1180. The van der Waals surface area contributed by atoms with Gasteiger partial charge in [-0.2, -0.15) is 0 Å². The molecule has 0 radical (unpaired) electrons. The van der Waals surface area contributed by atoms with Crippen LogP contribution in [-0.4, -0.2) is 11.3 Å². The van der Waals surface area contributed by atoms with E-state index in [-0.39, 0.29) is 5.75 Å². The summed E-state index contributed by atoms with van der Waals surface area (Å²) in [5.41, 5.74) is 6.94. The Kier molecular flexibility index (Phi) is 4.06. The topological polar surface area (TPSA) is 32.6 Å². The Morgan fingerprint density at radius 2 is 1.21 bits per heavy atom. The predicted molar refractivity (Wildman–Crippen MR) is 119 cm³/mol. The maximum absolute atomic E-state index is 11.3. The number of phenolic OH excluding ortho intramolecular Hbond substituents is 1. The molecule has 0 unspecified atom stereocenters. The van der Waals surface area contributed by atoms with Crippen molar-refractivity contribution in [1.29, 1.82) is 0 Å². The summed E-state index contributed by atoms with van der Waals surface area (Å²) in [5, 5.41) is 11.3. The lowest BCUT2D eigenvalue weighted by molar-refractivity contribution is 0.457. The normalized spacial score (nSPS) is 14.0. The molecule has 0 bridgehead atoms. The summed E-state index contributed by atoms with van der Waals surface area (Å²) in [4.78, 5) is 4.53. The van der Waals surface area contributed by atoms with Crippen molar-refractivity contribution in [3.05, 3.63) is 119 Å². The Labute approximate surface area is 170 Å². The second kappa shape index (κ2) is 6.75. The van der Waals surface area contributed by atoms with Crippen LogP contribution in [0.4, 0.5) is 5.69 Å². The molecular formula is C27H21NO. The highest BCUT2D eigenvalue weighted by atomic mass is 16.3. The number of nitrogens with zero attached hydrogens (tertiary/aromatic N) is 1. The molecule has 1 N–H and O–H groups in total. The molecule has 4 aromatic carbocycles. The third kappa shape index (κ3) is 2.68. The van der Waals surface area contributed by atoms with Gasteiger partial charge in [-0.3, -0.25) is 4.99 Å². The van der Waals surface area contributed by atoms with Crippen molar-refractivity contribution in [1.82, 2.24) is 0 Å². The van der Waals surface area contributed by atoms with Crippen molar-refractivity contribution < 1.29 is 5.11 Å². The van der Waals surface area contributed by atoms with Gasteiger partial charge in [0.1, 0.15) is 5.75 Å². The molecule has 2 nitrogen and oxygen atoms in total. The number of aromatic hydroxyl groups is 1. The van der Waals surface area contributed by atoms with Crippen molar-refractivity contribution in [2.75, 3.05) is 0 Å². The molecule has 0 heterocycles. The SMILES string of the molecule is CC1(c2cccc(C=Nc3ccccc3)c2O)c2ccccc2-c2ccccc21. The van der Waals surface area contributed by atoms with Crippen LogP contribution in [0, 0.1) is 0 Å². The van der Waals surface area contributed by atoms with Crippen molar-refractivity contribution in [2.24, 2.45) is 4.99 Å². The second-order valence-electron chi connectivity index (χ2n) is 7.55. The maximum Gasteiger partial charge on any atom is 0.128 e. The smallest absolute Gasteiger partial charge is 0.128 e. The van der Waals surface area contributed by atoms with Gasteiger partial charge in [0, 0.05) is 22.8 Å². The lowest BCUT2D eigenvalue weighted by Crippen LogP contribution is -2.22. The minimum Gasteiger partial charge on any atom is -0.507 e. The van der Waals surface area contributed by atoms with Crippen LogP contribution in [0.2, 0.25) is 0 Å². The average Bonchev–Trinajstić information content (AvgIpc) is 3.04. The molecule has 0 aromatic heterocycles. The van der Waals surface area contributed by atoms with E-state index >= 15 is 0 Å². The molecular weight excluding hydrogens is 354 g/mol. The zero-order chi connectivity index (χ0) is 19.8. The van der Waals surface area contributed by atoms with Crippen LogP contribution in [0.1, 0.15) is 29.2 Å². The summed E-state index contributed by atoms with van der Waals surface area (Å²) < 4.78 is 0. The Morgan fingerprint density at radius 1 is 0.655 bits per heavy atom. The van der Waals surface area contributed by atoms with Crippen LogP contribution < -0.4 is 0 Å². The van der Waals surface area contributed by atoms with E-state index in [1.807, 2.05) is 48.5 Å². The van der Waals surface area contributed by atoms with Gasteiger partial charge in [0.25, 0.3) is 0 Å². The largest absolute Gasteiger partial charge is 0.507 e. The van der Waals surface area contributed by atoms with Gasteiger partial charge in [-0.1, -0.05) is 78.9 Å². The van der Waals surface area contributed by atoms with Gasteiger partial charge >= 0.3 is 0 Å². The first-order valence-electron chi connectivity index (χ1n) is 9.80. The van der Waals surface area contributed by atoms with E-state index in [2.05, 4.69) is 60.4 Å². The van der Waals surface area contributed by atoms with Crippen molar-refractivity contribution >= 4 is 11.9 Å². The lowest BCUT2D eigenvalue weighted by Gasteiger charge is -2.29. The van der Waals surface area contributed by atoms with Gasteiger partial charge < -0.3 is 5.11 Å². The molecule has 4 aromatic rings. The summed E-state index contributed by atoms with van der Waals surface area (Å²) in [6, 6.07) is 32.6. The Balaban J connectivity index is 1.68. The van der Waals surface area contributed by atoms with E-state index < -0.39 is 5.41 Å². The number of aliphatic imine (C=N–C) groups is 1. The molecule has 1 aliphatic rings. The number of rotatable bonds is 3. The van der Waals surface area contributed by atoms with E-state index in [9.17, 15) is 5.11 Å². The van der Waals surface area contributed by atoms with E-state index in [1.54, 1.807) is 6.21 Å². The molecule has 0 saturated carbocycles. The van der Waals surface area contributed by atoms with Crippen LogP contribution >= 0.6 is 0 Å². The Hall–Kier alpha value is -3.65. The molecule has 0 saturated heterocycles. The van der Waals surface area contributed by atoms with E-state index in [0.29, 0.717) is 0 Å². The predicted octanol–water partition coefficient (Wildman–Crippen LogP) is 6.48. The molecule has 0 atom stereocenters. The lowest BCUT2D eigenvalue weighted by atomic mass is 9.73. The van der Waals surface area contributed by atoms with E-state index in [4.69, 9.17) is 0 Å². The summed E-state index contributed by atoms with van der Waals surface area (Å²) in [6.45, 7) is 2.20. The Morgan fingerprint density at radius 3 is 1.86 bits per heavy atom. The number of fused-ring (bicyclic) bond motifs is 3. The summed E-state index contributed by atoms with van der Waals surface area (Å²) >= 11 is 0. The minimum atomic E-state index is -0.423. The van der Waals surface area contributed by atoms with Crippen LogP contribution in [0.15, 0.2) is 102 Å². The number of hydrogen-bond acceptors (Lipinski definition) is 2. The highest BCUT2D eigenvalue weighted by Gasteiger charge is 2.42. The minimum absolute atomic E-state index is 0.279. The quantitative estimate of drug-likeness (QED) is 0.409. The number of benzene rings is 4. The first-order chi connectivity index (χ1) is 14.2. The summed E-state index contributed by atoms with van der Waals surface area (Å²) in [7, 11) is 0. The van der Waals surface area contributed by atoms with Gasteiger partial charge in [0.15, 0.2) is 0 Å². The standard InChI is InChI=1S/C27H21NO/c1-27(23-15-7-5-13-21(23)22-14-6-8-16-24(22)27)25-17-9-10-19(26(25)29)18-28-20-11-3-2-4-12-20/h2-18,29H,1H3. The van der Waals surface area contributed by atoms with Gasteiger partial charge in [-0.15, -0.1) is 0 Å². The first-order valence-corrected chi connectivity index (χ1v) is 9.80. The molecule has 0 amide bonds. The van der Waals surface area contributed by atoms with Crippen LogP contribution in [0.5, 0.6) is 5.75 Å². The fraction of sp³-hybridized carbons (Fsp3) is 0.0741.